The Balaban J connectivity index is 2.06. The number of methoxy groups -OCH3 is 1. The second-order valence-electron chi connectivity index (χ2n) is 6.43. The van der Waals surface area contributed by atoms with Gasteiger partial charge in [-0.15, -0.1) is 0 Å². The van der Waals surface area contributed by atoms with Crippen LogP contribution < -0.4 is 10.1 Å². The van der Waals surface area contributed by atoms with E-state index in [-0.39, 0.29) is 0 Å². The predicted molar refractivity (Wildman–Crippen MR) is 80.7 cm³/mol. The third kappa shape index (κ3) is 3.30. The third-order valence-electron chi connectivity index (χ3n) is 4.81. The van der Waals surface area contributed by atoms with Crippen molar-refractivity contribution in [3.8, 4) is 5.75 Å². The van der Waals surface area contributed by atoms with Gasteiger partial charge in [0.2, 0.25) is 0 Å². The quantitative estimate of drug-likeness (QED) is 0.873. The maximum Gasteiger partial charge on any atom is 0.118 e. The van der Waals surface area contributed by atoms with E-state index in [1.165, 1.54) is 24.8 Å². The van der Waals surface area contributed by atoms with E-state index in [9.17, 15) is 0 Å². The van der Waals surface area contributed by atoms with E-state index in [0.29, 0.717) is 11.5 Å². The third-order valence-corrected chi connectivity index (χ3v) is 4.81. The van der Waals surface area contributed by atoms with E-state index >= 15 is 0 Å². The SMILES string of the molecule is CNC(Cc1ccc(OC)cc1)C1CCCC1(C)C. The Morgan fingerprint density at radius 2 is 2.00 bits per heavy atom. The van der Waals surface area contributed by atoms with Crippen molar-refractivity contribution in [3.63, 3.8) is 0 Å². The summed E-state index contributed by atoms with van der Waals surface area (Å²) in [6.07, 6.45) is 5.19. The van der Waals surface area contributed by atoms with E-state index in [4.69, 9.17) is 4.74 Å². The summed E-state index contributed by atoms with van der Waals surface area (Å²) in [4.78, 5) is 0. The molecule has 2 nitrogen and oxygen atoms in total. The molecule has 1 fully saturated rings. The topological polar surface area (TPSA) is 21.3 Å². The van der Waals surface area contributed by atoms with Gasteiger partial charge in [0.1, 0.15) is 5.75 Å². The molecule has 0 amide bonds. The zero-order chi connectivity index (χ0) is 13.9. The number of likely N-dealkylation sites (N-methyl/N-ethyl adjacent to an activating group) is 1. The highest BCUT2D eigenvalue weighted by Crippen LogP contribution is 2.44. The van der Waals surface area contributed by atoms with Crippen LogP contribution in [0.3, 0.4) is 0 Å². The monoisotopic (exact) mass is 261 g/mol. The summed E-state index contributed by atoms with van der Waals surface area (Å²) in [5.74, 6) is 1.71. The summed E-state index contributed by atoms with van der Waals surface area (Å²) >= 11 is 0. The normalized spacial score (nSPS) is 23.3. The largest absolute Gasteiger partial charge is 0.497 e. The molecule has 0 spiro atoms. The Bertz CT molecular complexity index is 396. The first-order valence-corrected chi connectivity index (χ1v) is 7.37. The van der Waals surface area contributed by atoms with Gasteiger partial charge in [-0.2, -0.15) is 0 Å². The Kier molecular flexibility index (Phi) is 4.51. The lowest BCUT2D eigenvalue weighted by Gasteiger charge is -2.34. The van der Waals surface area contributed by atoms with Gasteiger partial charge in [0.25, 0.3) is 0 Å². The van der Waals surface area contributed by atoms with Crippen LogP contribution in [0.2, 0.25) is 0 Å². The van der Waals surface area contributed by atoms with E-state index in [1.807, 2.05) is 0 Å². The summed E-state index contributed by atoms with van der Waals surface area (Å²) in [5.41, 5.74) is 1.86. The van der Waals surface area contributed by atoms with Crippen molar-refractivity contribution < 1.29 is 4.74 Å². The highest BCUT2D eigenvalue weighted by molar-refractivity contribution is 5.27. The van der Waals surface area contributed by atoms with Gasteiger partial charge in [-0.25, -0.2) is 0 Å². The van der Waals surface area contributed by atoms with Crippen molar-refractivity contribution in [1.29, 1.82) is 0 Å². The lowest BCUT2D eigenvalue weighted by Crippen LogP contribution is -2.40. The second-order valence-corrected chi connectivity index (χ2v) is 6.43. The number of rotatable bonds is 5. The van der Waals surface area contributed by atoms with Gasteiger partial charge < -0.3 is 10.1 Å². The van der Waals surface area contributed by atoms with E-state index < -0.39 is 0 Å². The molecule has 0 heterocycles. The Morgan fingerprint density at radius 3 is 2.47 bits per heavy atom. The highest BCUT2D eigenvalue weighted by atomic mass is 16.5. The number of nitrogens with one attached hydrogen (secondary N) is 1. The van der Waals surface area contributed by atoms with Crippen molar-refractivity contribution in [1.82, 2.24) is 5.32 Å². The lowest BCUT2D eigenvalue weighted by atomic mass is 9.76. The van der Waals surface area contributed by atoms with Crippen molar-refractivity contribution in [2.45, 2.75) is 45.6 Å². The molecule has 1 aromatic carbocycles. The van der Waals surface area contributed by atoms with Crippen LogP contribution in [0.25, 0.3) is 0 Å². The maximum atomic E-state index is 5.22. The van der Waals surface area contributed by atoms with Crippen molar-refractivity contribution in [3.05, 3.63) is 29.8 Å². The van der Waals surface area contributed by atoms with Gasteiger partial charge in [-0.05, 0) is 55.3 Å². The van der Waals surface area contributed by atoms with Crippen LogP contribution in [0.5, 0.6) is 5.75 Å². The van der Waals surface area contributed by atoms with Crippen LogP contribution >= 0.6 is 0 Å². The molecule has 0 radical (unpaired) electrons. The Hall–Kier alpha value is -1.02. The van der Waals surface area contributed by atoms with Gasteiger partial charge in [-0.3, -0.25) is 0 Å². The van der Waals surface area contributed by atoms with Gasteiger partial charge in [0.05, 0.1) is 7.11 Å². The molecule has 2 heteroatoms. The fraction of sp³-hybridized carbons (Fsp3) is 0.647. The zero-order valence-corrected chi connectivity index (χ0v) is 12.7. The fourth-order valence-corrected chi connectivity index (χ4v) is 3.56. The van der Waals surface area contributed by atoms with Crippen molar-refractivity contribution in [2.24, 2.45) is 11.3 Å². The summed E-state index contributed by atoms with van der Waals surface area (Å²) in [5, 5.41) is 3.55. The Labute approximate surface area is 117 Å². The Morgan fingerprint density at radius 1 is 1.32 bits per heavy atom. The van der Waals surface area contributed by atoms with E-state index in [1.54, 1.807) is 7.11 Å². The highest BCUT2D eigenvalue weighted by Gasteiger charge is 2.38. The lowest BCUT2D eigenvalue weighted by molar-refractivity contribution is 0.201. The average Bonchev–Trinajstić information content (AvgIpc) is 2.76. The predicted octanol–water partition coefficient (Wildman–Crippen LogP) is 3.65. The summed E-state index contributed by atoms with van der Waals surface area (Å²) in [6.45, 7) is 4.84. The van der Waals surface area contributed by atoms with Gasteiger partial charge in [0.15, 0.2) is 0 Å². The van der Waals surface area contributed by atoms with E-state index in [2.05, 4.69) is 50.5 Å². The van der Waals surface area contributed by atoms with Crippen LogP contribution in [0.1, 0.15) is 38.7 Å². The fourth-order valence-electron chi connectivity index (χ4n) is 3.56. The molecule has 0 aliphatic heterocycles. The molecule has 1 saturated carbocycles. The van der Waals surface area contributed by atoms with Crippen molar-refractivity contribution >= 4 is 0 Å². The molecule has 1 aromatic rings. The minimum Gasteiger partial charge on any atom is -0.497 e. The summed E-state index contributed by atoms with van der Waals surface area (Å²) < 4.78 is 5.22. The molecule has 19 heavy (non-hydrogen) atoms. The number of hydrogen-bond donors (Lipinski definition) is 1. The summed E-state index contributed by atoms with van der Waals surface area (Å²) in [6, 6.07) is 9.06. The molecule has 1 N–H and O–H groups in total. The first kappa shape index (κ1) is 14.4. The zero-order valence-electron chi connectivity index (χ0n) is 12.7. The van der Waals surface area contributed by atoms with E-state index in [0.717, 1.165) is 18.1 Å². The van der Waals surface area contributed by atoms with Crippen LogP contribution in [-0.4, -0.2) is 20.2 Å². The molecule has 1 aliphatic rings. The molecular formula is C17H27NO. The van der Waals surface area contributed by atoms with Crippen LogP contribution in [0, 0.1) is 11.3 Å². The molecule has 0 aromatic heterocycles. The van der Waals surface area contributed by atoms with Gasteiger partial charge in [0, 0.05) is 6.04 Å². The smallest absolute Gasteiger partial charge is 0.118 e. The first-order chi connectivity index (χ1) is 9.06. The number of benzene rings is 1. The molecule has 2 rings (SSSR count). The van der Waals surface area contributed by atoms with Gasteiger partial charge in [-0.1, -0.05) is 32.4 Å². The van der Waals surface area contributed by atoms with Crippen LogP contribution in [-0.2, 0) is 6.42 Å². The molecule has 1 aliphatic carbocycles. The van der Waals surface area contributed by atoms with Crippen LogP contribution in [0.15, 0.2) is 24.3 Å². The number of ether oxygens (including phenoxy) is 1. The molecule has 106 valence electrons. The summed E-state index contributed by atoms with van der Waals surface area (Å²) in [7, 11) is 3.81. The number of hydrogen-bond acceptors (Lipinski definition) is 2. The van der Waals surface area contributed by atoms with Crippen LogP contribution in [0.4, 0.5) is 0 Å². The minimum atomic E-state index is 0.472. The molecule has 2 atom stereocenters. The van der Waals surface area contributed by atoms with Gasteiger partial charge >= 0.3 is 0 Å². The standard InChI is InChI=1S/C17H27NO/c1-17(2)11-5-6-15(17)16(18-3)12-13-7-9-14(19-4)10-8-13/h7-10,15-16,18H,5-6,11-12H2,1-4H3. The molecular weight excluding hydrogens is 234 g/mol. The molecule has 0 saturated heterocycles. The van der Waals surface area contributed by atoms with Crippen molar-refractivity contribution in [2.75, 3.05) is 14.2 Å². The molecule has 0 bridgehead atoms. The average molecular weight is 261 g/mol. The minimum absolute atomic E-state index is 0.472. The first-order valence-electron chi connectivity index (χ1n) is 7.37. The molecule has 2 unspecified atom stereocenters. The maximum absolute atomic E-state index is 5.22. The second kappa shape index (κ2) is 5.96.